The molecule has 0 aromatic heterocycles. The molecule has 1 aromatic carbocycles. The molecule has 0 aliphatic carbocycles. The molecule has 1 N–H and O–H groups in total. The molecule has 1 heterocycles. The zero-order valence-corrected chi connectivity index (χ0v) is 7.86. The maximum absolute atomic E-state index is 11.8. The number of carbonyl (C=O) groups excluding carboxylic acids is 2. The van der Waals surface area contributed by atoms with E-state index in [9.17, 15) is 9.59 Å². The molecule has 2 rings (SSSR count). The summed E-state index contributed by atoms with van der Waals surface area (Å²) in [5.74, 6) is -0.236. The van der Waals surface area contributed by atoms with Crippen molar-refractivity contribution in [1.29, 1.82) is 0 Å². The van der Waals surface area contributed by atoms with Crippen molar-refractivity contribution in [2.24, 2.45) is 5.92 Å². The van der Waals surface area contributed by atoms with Crippen LogP contribution in [0.25, 0.3) is 0 Å². The standard InChI is InChI=1S/C11H11NO2/c1-7-9(12-11(7)14)10(13)8-5-3-2-4-6-8/h2-7,9H,1H3,(H,12,14). The van der Waals surface area contributed by atoms with Crippen molar-refractivity contribution in [1.82, 2.24) is 5.32 Å². The van der Waals surface area contributed by atoms with Crippen molar-refractivity contribution in [3.8, 4) is 0 Å². The largest absolute Gasteiger partial charge is 0.345 e. The van der Waals surface area contributed by atoms with Gasteiger partial charge in [0.15, 0.2) is 5.78 Å². The maximum atomic E-state index is 11.8. The Morgan fingerprint density at radius 1 is 1.29 bits per heavy atom. The molecule has 1 amide bonds. The van der Waals surface area contributed by atoms with E-state index in [1.165, 1.54) is 0 Å². The van der Waals surface area contributed by atoms with E-state index in [4.69, 9.17) is 0 Å². The molecule has 0 saturated carbocycles. The number of β-lactam (4-membered cyclic amide) rings is 1. The molecular formula is C11H11NO2. The highest BCUT2D eigenvalue weighted by atomic mass is 16.2. The summed E-state index contributed by atoms with van der Waals surface area (Å²) in [6, 6.07) is 8.69. The van der Waals surface area contributed by atoms with Crippen LogP contribution in [0.4, 0.5) is 0 Å². The fraction of sp³-hybridized carbons (Fsp3) is 0.273. The molecule has 0 bridgehead atoms. The summed E-state index contributed by atoms with van der Waals surface area (Å²) in [6.45, 7) is 1.77. The van der Waals surface area contributed by atoms with E-state index < -0.39 is 0 Å². The SMILES string of the molecule is CC1C(=O)NC1C(=O)c1ccccc1. The van der Waals surface area contributed by atoms with Crippen LogP contribution in [0.15, 0.2) is 30.3 Å². The molecule has 1 aliphatic rings. The van der Waals surface area contributed by atoms with E-state index in [2.05, 4.69) is 5.32 Å². The van der Waals surface area contributed by atoms with Crippen LogP contribution >= 0.6 is 0 Å². The minimum atomic E-state index is -0.329. The molecule has 14 heavy (non-hydrogen) atoms. The van der Waals surface area contributed by atoms with Gasteiger partial charge in [-0.3, -0.25) is 9.59 Å². The minimum Gasteiger partial charge on any atom is -0.345 e. The molecule has 0 spiro atoms. The number of benzene rings is 1. The second kappa shape index (κ2) is 3.25. The number of hydrogen-bond acceptors (Lipinski definition) is 2. The van der Waals surface area contributed by atoms with Crippen molar-refractivity contribution in [3.05, 3.63) is 35.9 Å². The van der Waals surface area contributed by atoms with Gasteiger partial charge in [0.2, 0.25) is 5.91 Å². The summed E-state index contributed by atoms with van der Waals surface area (Å²) in [7, 11) is 0. The van der Waals surface area contributed by atoms with Gasteiger partial charge in [0.05, 0.1) is 5.92 Å². The van der Waals surface area contributed by atoms with Gasteiger partial charge >= 0.3 is 0 Å². The van der Waals surface area contributed by atoms with Crippen LogP contribution in [0.5, 0.6) is 0 Å². The highest BCUT2D eigenvalue weighted by Crippen LogP contribution is 2.18. The molecule has 0 radical (unpaired) electrons. The van der Waals surface area contributed by atoms with Gasteiger partial charge in [-0.25, -0.2) is 0 Å². The Balaban J connectivity index is 2.15. The van der Waals surface area contributed by atoms with Gasteiger partial charge < -0.3 is 5.32 Å². The average molecular weight is 189 g/mol. The first-order valence-electron chi connectivity index (χ1n) is 4.60. The topological polar surface area (TPSA) is 46.2 Å². The second-order valence-electron chi connectivity index (χ2n) is 3.51. The van der Waals surface area contributed by atoms with Crippen molar-refractivity contribution < 1.29 is 9.59 Å². The summed E-state index contributed by atoms with van der Waals surface area (Å²) in [5, 5.41) is 2.60. The molecular weight excluding hydrogens is 178 g/mol. The van der Waals surface area contributed by atoms with Gasteiger partial charge in [0, 0.05) is 5.56 Å². The number of nitrogens with one attached hydrogen (secondary N) is 1. The third kappa shape index (κ3) is 1.31. The first kappa shape index (κ1) is 8.94. The van der Waals surface area contributed by atoms with E-state index >= 15 is 0 Å². The van der Waals surface area contributed by atoms with Gasteiger partial charge in [-0.15, -0.1) is 0 Å². The van der Waals surface area contributed by atoms with Crippen LogP contribution in [-0.4, -0.2) is 17.7 Å². The zero-order valence-electron chi connectivity index (χ0n) is 7.86. The first-order valence-corrected chi connectivity index (χ1v) is 4.60. The van der Waals surface area contributed by atoms with Gasteiger partial charge in [-0.1, -0.05) is 37.3 Å². The van der Waals surface area contributed by atoms with Crippen LogP contribution in [0.2, 0.25) is 0 Å². The smallest absolute Gasteiger partial charge is 0.226 e. The number of carbonyl (C=O) groups is 2. The third-order valence-electron chi connectivity index (χ3n) is 2.55. The lowest BCUT2D eigenvalue weighted by atomic mass is 9.86. The number of Topliss-reactive ketones (excluding diaryl/α,β-unsaturated/α-hetero) is 1. The van der Waals surface area contributed by atoms with E-state index in [0.29, 0.717) is 5.56 Å². The van der Waals surface area contributed by atoms with E-state index in [1.54, 1.807) is 19.1 Å². The molecule has 2 atom stereocenters. The van der Waals surface area contributed by atoms with Crippen LogP contribution < -0.4 is 5.32 Å². The second-order valence-corrected chi connectivity index (χ2v) is 3.51. The lowest BCUT2D eigenvalue weighted by Crippen LogP contribution is -2.60. The summed E-state index contributed by atoms with van der Waals surface area (Å²) in [6.07, 6.45) is 0. The van der Waals surface area contributed by atoms with Crippen LogP contribution in [0.3, 0.4) is 0 Å². The quantitative estimate of drug-likeness (QED) is 0.557. The zero-order chi connectivity index (χ0) is 10.1. The van der Waals surface area contributed by atoms with Crippen molar-refractivity contribution in [2.45, 2.75) is 13.0 Å². The Kier molecular flexibility index (Phi) is 2.08. The molecule has 1 aromatic rings. The van der Waals surface area contributed by atoms with Gasteiger partial charge in [0.1, 0.15) is 6.04 Å². The predicted octanol–water partition coefficient (Wildman–Crippen LogP) is 1.00. The first-order chi connectivity index (χ1) is 6.70. The molecule has 1 saturated heterocycles. The van der Waals surface area contributed by atoms with Crippen LogP contribution in [-0.2, 0) is 4.79 Å². The predicted molar refractivity (Wildman–Crippen MR) is 51.9 cm³/mol. The lowest BCUT2D eigenvalue weighted by molar-refractivity contribution is -0.132. The third-order valence-corrected chi connectivity index (χ3v) is 2.55. The Morgan fingerprint density at radius 3 is 2.43 bits per heavy atom. The number of ketones is 1. The van der Waals surface area contributed by atoms with Gasteiger partial charge in [0.25, 0.3) is 0 Å². The highest BCUT2D eigenvalue weighted by Gasteiger charge is 2.40. The summed E-state index contributed by atoms with van der Waals surface area (Å²) in [5.41, 5.74) is 0.657. The Hall–Kier alpha value is -1.64. The fourth-order valence-corrected chi connectivity index (χ4v) is 1.54. The highest BCUT2D eigenvalue weighted by molar-refractivity contribution is 6.08. The Bertz CT molecular complexity index is 372. The number of rotatable bonds is 2. The summed E-state index contributed by atoms with van der Waals surface area (Å²) >= 11 is 0. The van der Waals surface area contributed by atoms with Crippen LogP contribution in [0.1, 0.15) is 17.3 Å². The van der Waals surface area contributed by atoms with E-state index in [0.717, 1.165) is 0 Å². The molecule has 2 unspecified atom stereocenters. The van der Waals surface area contributed by atoms with Gasteiger partial charge in [-0.05, 0) is 0 Å². The van der Waals surface area contributed by atoms with Crippen molar-refractivity contribution in [2.75, 3.05) is 0 Å². The average Bonchev–Trinajstić information content (AvgIpc) is 2.25. The molecule has 1 fully saturated rings. The lowest BCUT2D eigenvalue weighted by Gasteiger charge is -2.32. The molecule has 3 nitrogen and oxygen atoms in total. The molecule has 72 valence electrons. The van der Waals surface area contributed by atoms with Crippen molar-refractivity contribution >= 4 is 11.7 Å². The summed E-state index contributed by atoms with van der Waals surface area (Å²) in [4.78, 5) is 22.7. The number of amides is 1. The fourth-order valence-electron chi connectivity index (χ4n) is 1.54. The maximum Gasteiger partial charge on any atom is 0.226 e. The monoisotopic (exact) mass is 189 g/mol. The normalized spacial score (nSPS) is 25.1. The summed E-state index contributed by atoms with van der Waals surface area (Å²) < 4.78 is 0. The van der Waals surface area contributed by atoms with E-state index in [-0.39, 0.29) is 23.7 Å². The minimum absolute atomic E-state index is 0.00213. The van der Waals surface area contributed by atoms with Crippen molar-refractivity contribution in [3.63, 3.8) is 0 Å². The van der Waals surface area contributed by atoms with Crippen LogP contribution in [0, 0.1) is 5.92 Å². The van der Waals surface area contributed by atoms with Gasteiger partial charge in [-0.2, -0.15) is 0 Å². The number of hydrogen-bond donors (Lipinski definition) is 1. The van der Waals surface area contributed by atoms with E-state index in [1.807, 2.05) is 18.2 Å². The Morgan fingerprint density at radius 2 is 1.93 bits per heavy atom. The molecule has 3 heteroatoms. The molecule has 1 aliphatic heterocycles. The Labute approximate surface area is 82.1 Å².